The maximum Gasteiger partial charge on any atom is 0.140 e. The quantitative estimate of drug-likeness (QED) is 0.770. The molecule has 0 amide bonds. The lowest BCUT2D eigenvalue weighted by Gasteiger charge is -2.33. The topological polar surface area (TPSA) is 52.0 Å². The van der Waals surface area contributed by atoms with Crippen LogP contribution in [0.2, 0.25) is 0 Å². The highest BCUT2D eigenvalue weighted by Crippen LogP contribution is 2.38. The number of nitrogens with two attached hydrogens (primary N) is 1. The van der Waals surface area contributed by atoms with Gasteiger partial charge in [-0.2, -0.15) is 0 Å². The van der Waals surface area contributed by atoms with E-state index in [1.165, 1.54) is 12.0 Å². The maximum atomic E-state index is 5.65. The monoisotopic (exact) mass is 208 g/mol. The standard InChI is InChI=1S/C12H20N2O/c1-12(2,3)8-4-5-11-9(6-8)10(7-13)14-15-11/h8H,4-7,13H2,1-3H3/t8-/m1/s1. The molecule has 1 heterocycles. The number of hydrogen-bond acceptors (Lipinski definition) is 3. The average Bonchev–Trinajstić information content (AvgIpc) is 2.57. The van der Waals surface area contributed by atoms with Gasteiger partial charge in [0.1, 0.15) is 11.5 Å². The first-order valence-corrected chi connectivity index (χ1v) is 5.68. The summed E-state index contributed by atoms with van der Waals surface area (Å²) in [5.41, 5.74) is 8.25. The van der Waals surface area contributed by atoms with E-state index >= 15 is 0 Å². The molecule has 2 rings (SSSR count). The fraction of sp³-hybridized carbons (Fsp3) is 0.750. The van der Waals surface area contributed by atoms with Crippen LogP contribution in [0.5, 0.6) is 0 Å². The van der Waals surface area contributed by atoms with Gasteiger partial charge in [0, 0.05) is 18.5 Å². The second-order valence-corrected chi connectivity index (χ2v) is 5.54. The van der Waals surface area contributed by atoms with Gasteiger partial charge >= 0.3 is 0 Å². The molecule has 0 bridgehead atoms. The molecule has 1 atom stereocenters. The van der Waals surface area contributed by atoms with Crippen LogP contribution in [-0.4, -0.2) is 5.16 Å². The van der Waals surface area contributed by atoms with Gasteiger partial charge in [-0.05, 0) is 24.2 Å². The second kappa shape index (κ2) is 3.63. The van der Waals surface area contributed by atoms with Crippen molar-refractivity contribution < 1.29 is 4.52 Å². The van der Waals surface area contributed by atoms with Crippen LogP contribution < -0.4 is 5.73 Å². The number of hydrogen-bond donors (Lipinski definition) is 1. The Bertz CT molecular complexity index is 335. The lowest BCUT2D eigenvalue weighted by molar-refractivity contribution is 0.206. The first-order valence-electron chi connectivity index (χ1n) is 5.68. The molecule has 0 spiro atoms. The summed E-state index contributed by atoms with van der Waals surface area (Å²) in [6.45, 7) is 7.41. The Labute approximate surface area is 91.0 Å². The van der Waals surface area contributed by atoms with E-state index in [2.05, 4.69) is 25.9 Å². The lowest BCUT2D eigenvalue weighted by Crippen LogP contribution is -2.27. The molecular weight excluding hydrogens is 188 g/mol. The molecule has 0 unspecified atom stereocenters. The van der Waals surface area contributed by atoms with Gasteiger partial charge in [0.2, 0.25) is 0 Å². The van der Waals surface area contributed by atoms with E-state index in [1.807, 2.05) is 0 Å². The number of rotatable bonds is 1. The van der Waals surface area contributed by atoms with Crippen molar-refractivity contribution in [1.82, 2.24) is 5.16 Å². The molecule has 0 saturated heterocycles. The summed E-state index contributed by atoms with van der Waals surface area (Å²) in [4.78, 5) is 0. The molecule has 0 fully saturated rings. The van der Waals surface area contributed by atoms with Crippen molar-refractivity contribution in [2.75, 3.05) is 0 Å². The first-order chi connectivity index (χ1) is 7.02. The van der Waals surface area contributed by atoms with Crippen LogP contribution in [0.3, 0.4) is 0 Å². The van der Waals surface area contributed by atoms with Crippen LogP contribution in [0.4, 0.5) is 0 Å². The predicted octanol–water partition coefficient (Wildman–Crippen LogP) is 2.28. The summed E-state index contributed by atoms with van der Waals surface area (Å²) in [6, 6.07) is 0. The molecule has 0 aliphatic heterocycles. The Morgan fingerprint density at radius 2 is 2.20 bits per heavy atom. The van der Waals surface area contributed by atoms with E-state index in [4.69, 9.17) is 10.3 Å². The van der Waals surface area contributed by atoms with Gasteiger partial charge in [-0.3, -0.25) is 0 Å². The highest BCUT2D eigenvalue weighted by molar-refractivity contribution is 5.26. The molecule has 1 aliphatic rings. The van der Waals surface area contributed by atoms with Crippen molar-refractivity contribution in [1.29, 1.82) is 0 Å². The van der Waals surface area contributed by atoms with Crippen LogP contribution in [0.15, 0.2) is 4.52 Å². The Hall–Kier alpha value is -0.830. The summed E-state index contributed by atoms with van der Waals surface area (Å²) < 4.78 is 5.31. The third-order valence-electron chi connectivity index (χ3n) is 3.54. The van der Waals surface area contributed by atoms with Gasteiger partial charge in [0.15, 0.2) is 0 Å². The van der Waals surface area contributed by atoms with E-state index in [0.717, 1.165) is 30.2 Å². The van der Waals surface area contributed by atoms with Gasteiger partial charge in [0.25, 0.3) is 0 Å². The molecule has 1 aromatic rings. The van der Waals surface area contributed by atoms with Crippen LogP contribution >= 0.6 is 0 Å². The third kappa shape index (κ3) is 1.93. The van der Waals surface area contributed by atoms with Crippen LogP contribution in [0.1, 0.15) is 44.2 Å². The van der Waals surface area contributed by atoms with Gasteiger partial charge < -0.3 is 10.3 Å². The van der Waals surface area contributed by atoms with E-state index in [0.29, 0.717) is 12.0 Å². The molecule has 3 heteroatoms. The third-order valence-corrected chi connectivity index (χ3v) is 3.54. The minimum atomic E-state index is 0.362. The first kappa shape index (κ1) is 10.7. The summed E-state index contributed by atoms with van der Waals surface area (Å²) in [5, 5.41) is 4.03. The number of nitrogens with zero attached hydrogens (tertiary/aromatic N) is 1. The van der Waals surface area contributed by atoms with Crippen molar-refractivity contribution in [3.05, 3.63) is 17.0 Å². The Balaban J connectivity index is 2.25. The summed E-state index contributed by atoms with van der Waals surface area (Å²) in [5.74, 6) is 1.78. The molecule has 0 aromatic carbocycles. The Morgan fingerprint density at radius 1 is 1.47 bits per heavy atom. The second-order valence-electron chi connectivity index (χ2n) is 5.54. The molecule has 1 aromatic heterocycles. The highest BCUT2D eigenvalue weighted by atomic mass is 16.5. The minimum absolute atomic E-state index is 0.362. The molecule has 0 saturated carbocycles. The molecule has 15 heavy (non-hydrogen) atoms. The van der Waals surface area contributed by atoms with Gasteiger partial charge in [-0.25, -0.2) is 0 Å². The van der Waals surface area contributed by atoms with Crippen molar-refractivity contribution in [3.63, 3.8) is 0 Å². The number of aromatic nitrogens is 1. The fourth-order valence-electron chi connectivity index (χ4n) is 2.36. The molecule has 0 radical (unpaired) electrons. The highest BCUT2D eigenvalue weighted by Gasteiger charge is 2.32. The van der Waals surface area contributed by atoms with Crippen LogP contribution in [0.25, 0.3) is 0 Å². The summed E-state index contributed by atoms with van der Waals surface area (Å²) in [6.07, 6.45) is 3.30. The Kier molecular flexibility index (Phi) is 2.59. The largest absolute Gasteiger partial charge is 0.361 e. The average molecular weight is 208 g/mol. The normalized spacial score (nSPS) is 21.5. The van der Waals surface area contributed by atoms with Gasteiger partial charge in [0.05, 0.1) is 0 Å². The van der Waals surface area contributed by atoms with E-state index in [1.54, 1.807) is 0 Å². The van der Waals surface area contributed by atoms with Crippen molar-refractivity contribution >= 4 is 0 Å². The van der Waals surface area contributed by atoms with Crippen LogP contribution in [0, 0.1) is 11.3 Å². The lowest BCUT2D eigenvalue weighted by atomic mass is 9.72. The Morgan fingerprint density at radius 3 is 2.80 bits per heavy atom. The zero-order chi connectivity index (χ0) is 11.1. The SMILES string of the molecule is CC(C)(C)[C@@H]1CCc2onc(CN)c2C1. The van der Waals surface area contributed by atoms with E-state index < -0.39 is 0 Å². The van der Waals surface area contributed by atoms with Crippen LogP contribution in [-0.2, 0) is 19.4 Å². The zero-order valence-electron chi connectivity index (χ0n) is 9.84. The zero-order valence-corrected chi connectivity index (χ0v) is 9.84. The van der Waals surface area contributed by atoms with Crippen molar-refractivity contribution in [2.45, 2.75) is 46.6 Å². The number of fused-ring (bicyclic) bond motifs is 1. The van der Waals surface area contributed by atoms with E-state index in [9.17, 15) is 0 Å². The molecule has 3 nitrogen and oxygen atoms in total. The number of aryl methyl sites for hydroxylation is 1. The van der Waals surface area contributed by atoms with Gasteiger partial charge in [-0.15, -0.1) is 0 Å². The molecule has 2 N–H and O–H groups in total. The maximum absolute atomic E-state index is 5.65. The molecule has 84 valence electrons. The van der Waals surface area contributed by atoms with Crippen molar-refractivity contribution in [2.24, 2.45) is 17.1 Å². The fourth-order valence-corrected chi connectivity index (χ4v) is 2.36. The van der Waals surface area contributed by atoms with E-state index in [-0.39, 0.29) is 0 Å². The molecule has 1 aliphatic carbocycles. The smallest absolute Gasteiger partial charge is 0.140 e. The van der Waals surface area contributed by atoms with Gasteiger partial charge in [-0.1, -0.05) is 25.9 Å². The molecular formula is C12H20N2O. The predicted molar refractivity (Wildman–Crippen MR) is 59.4 cm³/mol. The van der Waals surface area contributed by atoms with Crippen molar-refractivity contribution in [3.8, 4) is 0 Å². The summed E-state index contributed by atoms with van der Waals surface area (Å²) in [7, 11) is 0. The minimum Gasteiger partial charge on any atom is -0.361 e. The summed E-state index contributed by atoms with van der Waals surface area (Å²) >= 11 is 0.